The number of nitrogens with two attached hydrogens (primary N) is 1. The van der Waals surface area contributed by atoms with E-state index in [2.05, 4.69) is 45.3 Å². The molecule has 0 spiro atoms. The largest absolute Gasteiger partial charge is 0.463 e. The van der Waals surface area contributed by atoms with Crippen molar-refractivity contribution in [1.29, 1.82) is 0 Å². The van der Waals surface area contributed by atoms with Crippen LogP contribution < -0.4 is 16.4 Å². The highest BCUT2D eigenvalue weighted by Gasteiger charge is 2.63. The van der Waals surface area contributed by atoms with Gasteiger partial charge in [0.05, 0.1) is 0 Å². The molecule has 0 aromatic heterocycles. The topological polar surface area (TPSA) is 76.4 Å². The van der Waals surface area contributed by atoms with E-state index in [1.165, 1.54) is 70.6 Å². The Morgan fingerprint density at radius 2 is 1.61 bits per heavy atom. The molecule has 5 heteroatoms. The molecule has 4 N–H and O–H groups in total. The van der Waals surface area contributed by atoms with Crippen LogP contribution in [0.4, 0.5) is 0 Å². The summed E-state index contributed by atoms with van der Waals surface area (Å²) in [4.78, 5) is 11.8. The van der Waals surface area contributed by atoms with E-state index in [1.807, 2.05) is 0 Å². The monoisotopic (exact) mass is 574 g/mol. The van der Waals surface area contributed by atoms with Gasteiger partial charge in [-0.25, -0.2) is 0 Å². The van der Waals surface area contributed by atoms with Gasteiger partial charge in [-0.1, -0.05) is 53.9 Å². The fourth-order valence-electron chi connectivity index (χ4n) is 10.8. The van der Waals surface area contributed by atoms with Gasteiger partial charge in [0.25, 0.3) is 0 Å². The van der Waals surface area contributed by atoms with Gasteiger partial charge in [0, 0.05) is 13.0 Å². The van der Waals surface area contributed by atoms with E-state index in [0.717, 1.165) is 80.9 Å². The Morgan fingerprint density at radius 1 is 0.878 bits per heavy atom. The Balaban J connectivity index is 1.46. The Bertz CT molecular complexity index is 819. The molecule has 0 heterocycles. The van der Waals surface area contributed by atoms with E-state index in [1.54, 1.807) is 6.92 Å². The third-order valence-electron chi connectivity index (χ3n) is 12.9. The first-order valence-corrected chi connectivity index (χ1v) is 17.9. The number of rotatable bonds is 15. The number of carbonyl (C=O) groups is 1. The van der Waals surface area contributed by atoms with Crippen LogP contribution >= 0.6 is 0 Å². The molecular weight excluding hydrogens is 506 g/mol. The molecule has 0 aromatic rings. The molecule has 0 radical (unpaired) electrons. The molecule has 4 saturated carbocycles. The van der Waals surface area contributed by atoms with Crippen LogP contribution in [-0.2, 0) is 9.53 Å². The maximum atomic E-state index is 11.8. The molecule has 0 aromatic carbocycles. The van der Waals surface area contributed by atoms with Gasteiger partial charge >= 0.3 is 5.97 Å². The second-order valence-corrected chi connectivity index (χ2v) is 15.9. The minimum atomic E-state index is -0.103. The Morgan fingerprint density at radius 3 is 2.34 bits per heavy atom. The fourth-order valence-corrected chi connectivity index (χ4v) is 10.8. The van der Waals surface area contributed by atoms with Crippen molar-refractivity contribution in [3.63, 3.8) is 0 Å². The van der Waals surface area contributed by atoms with Crippen molar-refractivity contribution in [3.8, 4) is 0 Å². The standard InChI is InChI=1S/C36H67N3O2/c1-25(2)11-9-12-26(3)30-13-14-31-34-32(16-18-36(30,31)6)35(5)17-15-29(41-27(4)40)23-28(35)24-33(34)39-22-10-21-38-20-8-7-19-37/h25-26,28-34,38-39H,7-24,37H2,1-6H3/t26-,28-,29+,30-,31+,32+,33-,34+,35+,36-/m1/s1. The number of fused-ring (bicyclic) bond motifs is 5. The minimum Gasteiger partial charge on any atom is -0.463 e. The number of hydrogen-bond donors (Lipinski definition) is 3. The van der Waals surface area contributed by atoms with Crippen molar-refractivity contribution in [2.45, 2.75) is 144 Å². The van der Waals surface area contributed by atoms with Crippen molar-refractivity contribution in [1.82, 2.24) is 10.6 Å². The molecular formula is C36H67N3O2. The first-order chi connectivity index (χ1) is 19.6. The van der Waals surface area contributed by atoms with Crippen molar-refractivity contribution in [2.24, 2.45) is 58.0 Å². The zero-order valence-corrected chi connectivity index (χ0v) is 27.8. The van der Waals surface area contributed by atoms with Gasteiger partial charge in [-0.3, -0.25) is 4.79 Å². The van der Waals surface area contributed by atoms with Gasteiger partial charge in [-0.15, -0.1) is 0 Å². The quantitative estimate of drug-likeness (QED) is 0.141. The first kappa shape index (κ1) is 33.2. The Kier molecular flexibility index (Phi) is 12.1. The Hall–Kier alpha value is -0.650. The number of nitrogens with one attached hydrogen (secondary N) is 2. The zero-order valence-electron chi connectivity index (χ0n) is 27.8. The zero-order chi connectivity index (χ0) is 29.6. The van der Waals surface area contributed by atoms with Crippen molar-refractivity contribution in [3.05, 3.63) is 0 Å². The second-order valence-electron chi connectivity index (χ2n) is 15.9. The van der Waals surface area contributed by atoms with Gasteiger partial charge in [0.2, 0.25) is 0 Å². The molecule has 238 valence electrons. The molecule has 4 aliphatic carbocycles. The molecule has 41 heavy (non-hydrogen) atoms. The lowest BCUT2D eigenvalue weighted by Gasteiger charge is -2.63. The minimum absolute atomic E-state index is 0.103. The van der Waals surface area contributed by atoms with Gasteiger partial charge in [0.15, 0.2) is 0 Å². The maximum Gasteiger partial charge on any atom is 0.302 e. The summed E-state index contributed by atoms with van der Waals surface area (Å²) in [7, 11) is 0. The smallest absolute Gasteiger partial charge is 0.302 e. The normalized spacial score (nSPS) is 39.2. The third kappa shape index (κ3) is 7.72. The number of esters is 1. The lowest BCUT2D eigenvalue weighted by atomic mass is 9.43. The van der Waals surface area contributed by atoms with Crippen LogP contribution in [0.2, 0.25) is 0 Å². The van der Waals surface area contributed by atoms with E-state index in [4.69, 9.17) is 10.5 Å². The SMILES string of the molecule is CC(=O)O[C@H]1CC[C@@]2(C)[C@H](C1)C[C@@H](NCCCNCCCCN)[C@@H]1[C@@H]2CC[C@]2(C)[C@@H]([C@H](C)CCCC(C)C)CC[C@@H]12. The van der Waals surface area contributed by atoms with Crippen LogP contribution in [0.1, 0.15) is 131 Å². The summed E-state index contributed by atoms with van der Waals surface area (Å²) in [6.07, 6.45) is 18.1. The van der Waals surface area contributed by atoms with Crippen LogP contribution in [0.3, 0.4) is 0 Å². The van der Waals surface area contributed by atoms with Crippen LogP contribution in [0.5, 0.6) is 0 Å². The van der Waals surface area contributed by atoms with E-state index in [0.29, 0.717) is 22.8 Å². The van der Waals surface area contributed by atoms with Gasteiger partial charge in [-0.05, 0) is 149 Å². The summed E-state index contributed by atoms with van der Waals surface area (Å²) in [5, 5.41) is 7.81. The highest BCUT2D eigenvalue weighted by Crippen LogP contribution is 2.68. The lowest BCUT2D eigenvalue weighted by Crippen LogP contribution is -2.61. The summed E-state index contributed by atoms with van der Waals surface area (Å²) in [6, 6.07) is 0.603. The van der Waals surface area contributed by atoms with Crippen LogP contribution in [-0.4, -0.2) is 44.3 Å². The molecule has 0 saturated heterocycles. The van der Waals surface area contributed by atoms with Gasteiger partial charge in [-0.2, -0.15) is 0 Å². The van der Waals surface area contributed by atoms with E-state index >= 15 is 0 Å². The Labute approximate surface area is 253 Å². The predicted octanol–water partition coefficient (Wildman–Crippen LogP) is 7.33. The number of ether oxygens (including phenoxy) is 1. The summed E-state index contributed by atoms with van der Waals surface area (Å²) < 4.78 is 5.81. The van der Waals surface area contributed by atoms with E-state index < -0.39 is 0 Å². The predicted molar refractivity (Wildman–Crippen MR) is 172 cm³/mol. The fraction of sp³-hybridized carbons (Fsp3) is 0.972. The third-order valence-corrected chi connectivity index (χ3v) is 12.9. The van der Waals surface area contributed by atoms with Crippen molar-refractivity contribution >= 4 is 5.97 Å². The first-order valence-electron chi connectivity index (χ1n) is 17.9. The van der Waals surface area contributed by atoms with Gasteiger partial charge in [0.1, 0.15) is 6.10 Å². The molecule has 0 amide bonds. The number of carbonyl (C=O) groups excluding carboxylic acids is 1. The molecule has 10 atom stereocenters. The second kappa shape index (κ2) is 14.9. The average molecular weight is 574 g/mol. The number of hydrogen-bond acceptors (Lipinski definition) is 5. The van der Waals surface area contributed by atoms with Crippen LogP contribution in [0, 0.1) is 52.3 Å². The van der Waals surface area contributed by atoms with E-state index in [-0.39, 0.29) is 12.1 Å². The summed E-state index contributed by atoms with van der Waals surface area (Å²) in [5.74, 6) is 5.58. The molecule has 4 fully saturated rings. The average Bonchev–Trinajstić information content (AvgIpc) is 3.27. The van der Waals surface area contributed by atoms with Crippen molar-refractivity contribution < 1.29 is 9.53 Å². The molecule has 5 nitrogen and oxygen atoms in total. The summed E-state index contributed by atoms with van der Waals surface area (Å²) in [5.41, 5.74) is 6.55. The molecule has 4 aliphatic rings. The number of unbranched alkanes of at least 4 members (excludes halogenated alkanes) is 1. The van der Waals surface area contributed by atoms with E-state index in [9.17, 15) is 4.79 Å². The molecule has 4 rings (SSSR count). The van der Waals surface area contributed by atoms with Crippen LogP contribution in [0.25, 0.3) is 0 Å². The highest BCUT2D eigenvalue weighted by molar-refractivity contribution is 5.66. The lowest BCUT2D eigenvalue weighted by molar-refractivity contribution is -0.164. The molecule has 0 aliphatic heterocycles. The molecule has 0 bridgehead atoms. The van der Waals surface area contributed by atoms with Crippen molar-refractivity contribution in [2.75, 3.05) is 26.2 Å². The van der Waals surface area contributed by atoms with Crippen LogP contribution in [0.15, 0.2) is 0 Å². The summed E-state index contributed by atoms with van der Waals surface area (Å²) >= 11 is 0. The van der Waals surface area contributed by atoms with Gasteiger partial charge < -0.3 is 21.1 Å². The highest BCUT2D eigenvalue weighted by atomic mass is 16.5. The maximum absolute atomic E-state index is 11.8. The summed E-state index contributed by atoms with van der Waals surface area (Å²) in [6.45, 7) is 18.4. The molecule has 0 unspecified atom stereocenters.